The van der Waals surface area contributed by atoms with E-state index in [1.54, 1.807) is 4.90 Å². The van der Waals surface area contributed by atoms with Gasteiger partial charge in [-0.2, -0.15) is 0 Å². The second-order valence-electron chi connectivity index (χ2n) is 11.2. The number of ether oxygens (including phenoxy) is 1. The molecule has 0 radical (unpaired) electrons. The average Bonchev–Trinajstić information content (AvgIpc) is 3.16. The van der Waals surface area contributed by atoms with E-state index in [1.807, 2.05) is 24.3 Å². The molecule has 4 atom stereocenters. The lowest BCUT2D eigenvalue weighted by molar-refractivity contribution is -0.143. The monoisotopic (exact) mass is 473 g/mol. The van der Waals surface area contributed by atoms with Gasteiger partial charge in [-0.25, -0.2) is 4.79 Å². The van der Waals surface area contributed by atoms with Crippen LogP contribution in [0.2, 0.25) is 0 Å². The van der Waals surface area contributed by atoms with Crippen LogP contribution in [-0.4, -0.2) is 38.9 Å². The summed E-state index contributed by atoms with van der Waals surface area (Å²) in [5, 5.41) is 22.2. The van der Waals surface area contributed by atoms with E-state index in [4.69, 9.17) is 4.74 Å². The van der Waals surface area contributed by atoms with Gasteiger partial charge >= 0.3 is 6.09 Å². The fourth-order valence-electron chi connectivity index (χ4n) is 6.65. The smallest absolute Gasteiger partial charge is 0.408 e. The van der Waals surface area contributed by atoms with Gasteiger partial charge in [0.15, 0.2) is 0 Å². The second kappa shape index (κ2) is 8.96. The summed E-state index contributed by atoms with van der Waals surface area (Å²) in [6, 6.07) is 22.7. The van der Waals surface area contributed by atoms with E-state index < -0.39 is 11.6 Å². The van der Waals surface area contributed by atoms with Crippen LogP contribution in [0.4, 0.5) is 4.79 Å². The highest BCUT2D eigenvalue weighted by atomic mass is 16.5. The Morgan fingerprint density at radius 2 is 1.71 bits per heavy atom. The molecule has 0 spiro atoms. The minimum atomic E-state index is -0.851. The summed E-state index contributed by atoms with van der Waals surface area (Å²) in [6.45, 7) is 6.88. The summed E-state index contributed by atoms with van der Waals surface area (Å²) in [5.74, 6) is 0.0746. The van der Waals surface area contributed by atoms with E-state index in [2.05, 4.69) is 63.2 Å². The zero-order valence-electron chi connectivity index (χ0n) is 20.8. The predicted octanol–water partition coefficient (Wildman–Crippen LogP) is 6.33. The first-order chi connectivity index (χ1) is 16.7. The van der Waals surface area contributed by atoms with Gasteiger partial charge in [-0.05, 0) is 58.2 Å². The number of hydrogen-bond acceptors (Lipinski definition) is 3. The summed E-state index contributed by atoms with van der Waals surface area (Å²) >= 11 is 0. The van der Waals surface area contributed by atoms with Gasteiger partial charge in [0.2, 0.25) is 0 Å². The molecule has 0 aromatic heterocycles. The standard InChI is InChI=1S/C30H35NO4/c1-29(2,3)30-15-14-25(31(30)28(33)34)17-26(23-12-8-20(18-32)9-13-23)27(30)35-19-21-10-11-22-6-4-5-7-24(22)16-21/h4-13,16,25-27,32H,14-15,17-19H2,1-3H3,(H,33,34). The minimum Gasteiger partial charge on any atom is -0.465 e. The van der Waals surface area contributed by atoms with Crippen LogP contribution in [0.3, 0.4) is 0 Å². The van der Waals surface area contributed by atoms with E-state index in [0.29, 0.717) is 6.61 Å². The summed E-state index contributed by atoms with van der Waals surface area (Å²) in [5.41, 5.74) is 2.18. The lowest BCUT2D eigenvalue weighted by Crippen LogP contribution is -2.68. The summed E-state index contributed by atoms with van der Waals surface area (Å²) in [4.78, 5) is 14.3. The van der Waals surface area contributed by atoms with Crippen molar-refractivity contribution in [1.82, 2.24) is 4.90 Å². The van der Waals surface area contributed by atoms with Crippen molar-refractivity contribution in [2.75, 3.05) is 0 Å². The second-order valence-corrected chi connectivity index (χ2v) is 11.2. The third-order valence-corrected chi connectivity index (χ3v) is 8.35. The maximum Gasteiger partial charge on any atom is 0.408 e. The Labute approximate surface area is 207 Å². The molecule has 2 aliphatic rings. The number of carboxylic acid groups (broad SMARTS) is 1. The third kappa shape index (κ3) is 4.01. The topological polar surface area (TPSA) is 70.0 Å². The van der Waals surface area contributed by atoms with Crippen molar-refractivity contribution in [3.63, 3.8) is 0 Å². The first kappa shape index (κ1) is 23.8. The van der Waals surface area contributed by atoms with Gasteiger partial charge < -0.3 is 14.9 Å². The van der Waals surface area contributed by atoms with Gasteiger partial charge in [0.05, 0.1) is 24.9 Å². The molecule has 5 heteroatoms. The Kier molecular flexibility index (Phi) is 6.10. The van der Waals surface area contributed by atoms with E-state index in [-0.39, 0.29) is 30.1 Å². The summed E-state index contributed by atoms with van der Waals surface area (Å²) in [6.07, 6.45) is 1.25. The Hall–Kier alpha value is -2.89. The van der Waals surface area contributed by atoms with Crippen LogP contribution in [0, 0.1) is 5.41 Å². The number of amides is 1. The molecule has 2 aliphatic heterocycles. The van der Waals surface area contributed by atoms with Crippen molar-refractivity contribution in [2.45, 2.75) is 76.9 Å². The Morgan fingerprint density at radius 3 is 2.37 bits per heavy atom. The molecule has 2 fully saturated rings. The summed E-state index contributed by atoms with van der Waals surface area (Å²) < 4.78 is 6.83. The first-order valence-corrected chi connectivity index (χ1v) is 12.6. The molecule has 2 heterocycles. The van der Waals surface area contributed by atoms with E-state index in [0.717, 1.165) is 36.0 Å². The van der Waals surface area contributed by atoms with Crippen LogP contribution in [0.5, 0.6) is 0 Å². The van der Waals surface area contributed by atoms with Crippen LogP contribution < -0.4 is 0 Å². The molecule has 2 N–H and O–H groups in total. The lowest BCUT2D eigenvalue weighted by Gasteiger charge is -2.57. The molecular weight excluding hydrogens is 438 g/mol. The SMILES string of the molecule is CC(C)(C)C12CCC(CC(c3ccc(CO)cc3)C1OCc1ccc3ccccc3c1)N2C(=O)O. The Morgan fingerprint density at radius 1 is 1.03 bits per heavy atom. The third-order valence-electron chi connectivity index (χ3n) is 8.35. The normalized spacial score (nSPS) is 26.3. The number of fused-ring (bicyclic) bond motifs is 3. The van der Waals surface area contributed by atoms with Crippen molar-refractivity contribution in [3.05, 3.63) is 83.4 Å². The Balaban J connectivity index is 1.55. The van der Waals surface area contributed by atoms with Gasteiger partial charge in [-0.1, -0.05) is 81.4 Å². The fourth-order valence-corrected chi connectivity index (χ4v) is 6.65. The molecule has 184 valence electrons. The number of hydrogen-bond donors (Lipinski definition) is 2. The van der Waals surface area contributed by atoms with Crippen molar-refractivity contribution < 1.29 is 19.7 Å². The van der Waals surface area contributed by atoms with Gasteiger partial charge in [0.25, 0.3) is 0 Å². The number of aliphatic hydroxyl groups excluding tert-OH is 1. The fraction of sp³-hybridized carbons (Fsp3) is 0.433. The highest BCUT2D eigenvalue weighted by Gasteiger charge is 2.65. The number of rotatable bonds is 5. The molecular formula is C30H35NO4. The van der Waals surface area contributed by atoms with E-state index in [9.17, 15) is 15.0 Å². The number of nitrogens with zero attached hydrogens (tertiary/aromatic N) is 1. The molecule has 2 saturated heterocycles. The van der Waals surface area contributed by atoms with Crippen LogP contribution in [0.15, 0.2) is 66.7 Å². The van der Waals surface area contributed by atoms with Crippen LogP contribution in [-0.2, 0) is 18.0 Å². The van der Waals surface area contributed by atoms with Crippen molar-refractivity contribution in [3.8, 4) is 0 Å². The molecule has 4 unspecified atom stereocenters. The van der Waals surface area contributed by atoms with E-state index in [1.165, 1.54) is 10.8 Å². The molecule has 5 rings (SSSR count). The van der Waals surface area contributed by atoms with Crippen LogP contribution in [0.1, 0.15) is 62.6 Å². The van der Waals surface area contributed by atoms with E-state index >= 15 is 0 Å². The van der Waals surface area contributed by atoms with Gasteiger partial charge in [-0.15, -0.1) is 0 Å². The molecule has 3 aromatic carbocycles. The molecule has 2 bridgehead atoms. The number of carbonyl (C=O) groups is 1. The quantitative estimate of drug-likeness (QED) is 0.454. The van der Waals surface area contributed by atoms with Crippen LogP contribution >= 0.6 is 0 Å². The molecule has 3 aromatic rings. The maximum atomic E-state index is 12.6. The highest BCUT2D eigenvalue weighted by Crippen LogP contribution is 2.58. The number of aliphatic hydroxyl groups is 1. The van der Waals surface area contributed by atoms with Crippen molar-refractivity contribution in [1.29, 1.82) is 0 Å². The van der Waals surface area contributed by atoms with Crippen molar-refractivity contribution >= 4 is 16.9 Å². The van der Waals surface area contributed by atoms with Crippen molar-refractivity contribution in [2.24, 2.45) is 5.41 Å². The maximum absolute atomic E-state index is 12.6. The molecule has 0 aliphatic carbocycles. The predicted molar refractivity (Wildman–Crippen MR) is 137 cm³/mol. The minimum absolute atomic E-state index is 0.00812. The van der Waals surface area contributed by atoms with Crippen LogP contribution in [0.25, 0.3) is 10.8 Å². The van der Waals surface area contributed by atoms with Gasteiger partial charge in [-0.3, -0.25) is 4.90 Å². The molecule has 35 heavy (non-hydrogen) atoms. The molecule has 0 saturated carbocycles. The zero-order valence-corrected chi connectivity index (χ0v) is 20.8. The number of benzene rings is 3. The zero-order chi connectivity index (χ0) is 24.8. The van der Waals surface area contributed by atoms with Gasteiger partial charge in [0.1, 0.15) is 0 Å². The molecule has 5 nitrogen and oxygen atoms in total. The van der Waals surface area contributed by atoms with Gasteiger partial charge in [0, 0.05) is 12.0 Å². The Bertz CT molecular complexity index is 1220. The molecule has 1 amide bonds. The highest BCUT2D eigenvalue weighted by molar-refractivity contribution is 5.82. The summed E-state index contributed by atoms with van der Waals surface area (Å²) in [7, 11) is 0. The first-order valence-electron chi connectivity index (χ1n) is 12.6. The largest absolute Gasteiger partial charge is 0.465 e. The number of piperidine rings is 1. The average molecular weight is 474 g/mol. The lowest BCUT2D eigenvalue weighted by atomic mass is 9.63.